The van der Waals surface area contributed by atoms with Gasteiger partial charge in [-0.25, -0.2) is 0 Å². The topological polar surface area (TPSA) is 24.9 Å². The number of nitrogens with zero attached hydrogens (tertiary/aromatic N) is 1. The molecule has 0 amide bonds. The van der Waals surface area contributed by atoms with Crippen molar-refractivity contribution in [3.8, 4) is 0 Å². The van der Waals surface area contributed by atoms with E-state index in [0.29, 0.717) is 0 Å². The predicted molar refractivity (Wildman–Crippen MR) is 70.4 cm³/mol. The summed E-state index contributed by atoms with van der Waals surface area (Å²) in [5.74, 6) is 0. The number of rotatable bonds is 3. The summed E-state index contributed by atoms with van der Waals surface area (Å²) in [5, 5.41) is 3.40. The van der Waals surface area contributed by atoms with Crippen molar-refractivity contribution in [2.75, 3.05) is 5.32 Å². The molecule has 0 spiro atoms. The van der Waals surface area contributed by atoms with Crippen LogP contribution < -0.4 is 5.32 Å². The third-order valence-corrected chi connectivity index (χ3v) is 3.22. The first-order valence-corrected chi connectivity index (χ1v) is 5.94. The van der Waals surface area contributed by atoms with E-state index in [1.807, 2.05) is 24.4 Å². The van der Waals surface area contributed by atoms with Gasteiger partial charge in [0, 0.05) is 29.1 Å². The third kappa shape index (κ3) is 2.61. The van der Waals surface area contributed by atoms with E-state index in [2.05, 4.69) is 45.3 Å². The molecular formula is C13H13BrN2. The van der Waals surface area contributed by atoms with Crippen molar-refractivity contribution in [3.05, 3.63) is 58.3 Å². The molecule has 0 radical (unpaired) electrons. The fourth-order valence-corrected chi connectivity index (χ4v) is 1.93. The molecule has 2 aromatic rings. The average Bonchev–Trinajstić information content (AvgIpc) is 2.30. The zero-order chi connectivity index (χ0) is 11.4. The summed E-state index contributed by atoms with van der Waals surface area (Å²) < 4.78 is 1.13. The monoisotopic (exact) mass is 276 g/mol. The fraction of sp³-hybridized carbons (Fsp3) is 0.154. The molecule has 0 aliphatic carbocycles. The van der Waals surface area contributed by atoms with Gasteiger partial charge in [0.25, 0.3) is 0 Å². The van der Waals surface area contributed by atoms with E-state index in [0.717, 1.165) is 22.3 Å². The van der Waals surface area contributed by atoms with E-state index in [4.69, 9.17) is 0 Å². The smallest absolute Gasteiger partial charge is 0.0412 e. The van der Waals surface area contributed by atoms with Crippen molar-refractivity contribution in [3.63, 3.8) is 0 Å². The Morgan fingerprint density at radius 3 is 2.81 bits per heavy atom. The number of anilines is 1. The van der Waals surface area contributed by atoms with Crippen LogP contribution in [0.4, 0.5) is 5.69 Å². The van der Waals surface area contributed by atoms with Crippen LogP contribution in [0.3, 0.4) is 0 Å². The van der Waals surface area contributed by atoms with Gasteiger partial charge in [0.1, 0.15) is 0 Å². The second-order valence-corrected chi connectivity index (χ2v) is 4.49. The summed E-state index contributed by atoms with van der Waals surface area (Å²) in [6.07, 6.45) is 3.66. The molecule has 2 nitrogen and oxygen atoms in total. The summed E-state index contributed by atoms with van der Waals surface area (Å²) in [7, 11) is 0. The standard InChI is InChI=1S/C13H13BrN2/c1-10-8-15-7-6-13(10)16-9-11-4-2-3-5-12(11)14/h2-8H,9H2,1H3,(H,15,16). The van der Waals surface area contributed by atoms with Gasteiger partial charge in [0.15, 0.2) is 0 Å². The zero-order valence-corrected chi connectivity index (χ0v) is 10.7. The lowest BCUT2D eigenvalue weighted by Gasteiger charge is -2.09. The quantitative estimate of drug-likeness (QED) is 0.923. The molecule has 82 valence electrons. The Labute approximate surface area is 104 Å². The van der Waals surface area contributed by atoms with Crippen LogP contribution in [0.15, 0.2) is 47.2 Å². The van der Waals surface area contributed by atoms with Crippen LogP contribution in [0.2, 0.25) is 0 Å². The van der Waals surface area contributed by atoms with Gasteiger partial charge in [-0.1, -0.05) is 34.1 Å². The number of hydrogen-bond donors (Lipinski definition) is 1. The van der Waals surface area contributed by atoms with Crippen molar-refractivity contribution < 1.29 is 0 Å². The van der Waals surface area contributed by atoms with Crippen LogP contribution >= 0.6 is 15.9 Å². The largest absolute Gasteiger partial charge is 0.381 e. The fourth-order valence-electron chi connectivity index (χ4n) is 1.50. The minimum absolute atomic E-state index is 0.812. The number of halogens is 1. The molecule has 0 atom stereocenters. The Morgan fingerprint density at radius 1 is 1.25 bits per heavy atom. The molecule has 0 aliphatic heterocycles. The van der Waals surface area contributed by atoms with E-state index in [9.17, 15) is 0 Å². The summed E-state index contributed by atoms with van der Waals surface area (Å²) in [5.41, 5.74) is 3.54. The maximum absolute atomic E-state index is 4.07. The highest BCUT2D eigenvalue weighted by molar-refractivity contribution is 9.10. The minimum atomic E-state index is 0.812. The van der Waals surface area contributed by atoms with Crippen molar-refractivity contribution >= 4 is 21.6 Å². The van der Waals surface area contributed by atoms with Gasteiger partial charge in [-0.2, -0.15) is 0 Å². The molecule has 0 saturated heterocycles. The second kappa shape index (κ2) is 5.12. The summed E-state index contributed by atoms with van der Waals surface area (Å²) in [6, 6.07) is 10.2. The maximum Gasteiger partial charge on any atom is 0.0412 e. The molecule has 0 unspecified atom stereocenters. The Morgan fingerprint density at radius 2 is 2.06 bits per heavy atom. The predicted octanol–water partition coefficient (Wildman–Crippen LogP) is 3.76. The number of aryl methyl sites for hydroxylation is 1. The van der Waals surface area contributed by atoms with Crippen LogP contribution in [-0.2, 0) is 6.54 Å². The molecule has 1 aromatic carbocycles. The van der Waals surface area contributed by atoms with Crippen LogP contribution in [0.25, 0.3) is 0 Å². The van der Waals surface area contributed by atoms with Gasteiger partial charge in [-0.15, -0.1) is 0 Å². The number of nitrogens with one attached hydrogen (secondary N) is 1. The Bertz CT molecular complexity index is 437. The molecule has 0 aliphatic rings. The second-order valence-electron chi connectivity index (χ2n) is 3.64. The van der Waals surface area contributed by atoms with Crippen LogP contribution in [0.1, 0.15) is 11.1 Å². The summed E-state index contributed by atoms with van der Waals surface area (Å²) >= 11 is 3.54. The minimum Gasteiger partial charge on any atom is -0.381 e. The molecule has 1 aromatic heterocycles. The molecular weight excluding hydrogens is 264 g/mol. The first kappa shape index (κ1) is 11.1. The summed E-state index contributed by atoms with van der Waals surface area (Å²) in [4.78, 5) is 4.07. The van der Waals surface area contributed by atoms with Gasteiger partial charge in [0.2, 0.25) is 0 Å². The lowest BCUT2D eigenvalue weighted by atomic mass is 10.2. The summed E-state index contributed by atoms with van der Waals surface area (Å²) in [6.45, 7) is 2.86. The molecule has 0 saturated carbocycles. The molecule has 0 bridgehead atoms. The van der Waals surface area contributed by atoms with Gasteiger partial charge in [-0.3, -0.25) is 4.98 Å². The normalized spacial score (nSPS) is 10.1. The molecule has 0 fully saturated rings. The number of hydrogen-bond acceptors (Lipinski definition) is 2. The molecule has 1 heterocycles. The van der Waals surface area contributed by atoms with Gasteiger partial charge in [-0.05, 0) is 30.2 Å². The molecule has 3 heteroatoms. The number of pyridine rings is 1. The van der Waals surface area contributed by atoms with Crippen molar-refractivity contribution in [2.24, 2.45) is 0 Å². The Hall–Kier alpha value is -1.35. The lowest BCUT2D eigenvalue weighted by molar-refractivity contribution is 1.12. The van der Waals surface area contributed by atoms with Gasteiger partial charge >= 0.3 is 0 Å². The van der Waals surface area contributed by atoms with Crippen LogP contribution in [-0.4, -0.2) is 4.98 Å². The highest BCUT2D eigenvalue weighted by Gasteiger charge is 2.00. The highest BCUT2D eigenvalue weighted by atomic mass is 79.9. The third-order valence-electron chi connectivity index (χ3n) is 2.45. The lowest BCUT2D eigenvalue weighted by Crippen LogP contribution is -2.01. The zero-order valence-electron chi connectivity index (χ0n) is 9.07. The SMILES string of the molecule is Cc1cnccc1NCc1ccccc1Br. The van der Waals surface area contributed by atoms with E-state index < -0.39 is 0 Å². The highest BCUT2D eigenvalue weighted by Crippen LogP contribution is 2.18. The van der Waals surface area contributed by atoms with Gasteiger partial charge in [0.05, 0.1) is 0 Å². The van der Waals surface area contributed by atoms with Crippen molar-refractivity contribution in [1.82, 2.24) is 4.98 Å². The van der Waals surface area contributed by atoms with Crippen LogP contribution in [0.5, 0.6) is 0 Å². The first-order chi connectivity index (χ1) is 7.77. The Balaban J connectivity index is 2.09. The molecule has 1 N–H and O–H groups in total. The Kier molecular flexibility index (Phi) is 3.57. The van der Waals surface area contributed by atoms with Crippen molar-refractivity contribution in [2.45, 2.75) is 13.5 Å². The van der Waals surface area contributed by atoms with E-state index in [-0.39, 0.29) is 0 Å². The van der Waals surface area contributed by atoms with E-state index >= 15 is 0 Å². The number of benzene rings is 1. The maximum atomic E-state index is 4.07. The first-order valence-electron chi connectivity index (χ1n) is 5.15. The van der Waals surface area contributed by atoms with Crippen LogP contribution in [0, 0.1) is 6.92 Å². The van der Waals surface area contributed by atoms with E-state index in [1.165, 1.54) is 5.56 Å². The van der Waals surface area contributed by atoms with Gasteiger partial charge < -0.3 is 5.32 Å². The number of aromatic nitrogens is 1. The van der Waals surface area contributed by atoms with E-state index in [1.54, 1.807) is 6.20 Å². The average molecular weight is 277 g/mol. The molecule has 16 heavy (non-hydrogen) atoms. The van der Waals surface area contributed by atoms with Crippen molar-refractivity contribution in [1.29, 1.82) is 0 Å². The molecule has 2 rings (SSSR count).